The fourth-order valence-electron chi connectivity index (χ4n) is 8.20. The van der Waals surface area contributed by atoms with Crippen molar-refractivity contribution < 1.29 is 0 Å². The van der Waals surface area contributed by atoms with E-state index in [1.54, 1.807) is 0 Å². The normalized spacial score (nSPS) is 11.1. The highest BCUT2D eigenvalue weighted by Gasteiger charge is 2.21. The van der Waals surface area contributed by atoms with Crippen molar-refractivity contribution in [2.45, 2.75) is 0 Å². The summed E-state index contributed by atoms with van der Waals surface area (Å²) in [5.74, 6) is 0.852. The number of fused-ring (bicyclic) bond motifs is 6. The van der Waals surface area contributed by atoms with Crippen molar-refractivity contribution in [2.24, 2.45) is 0 Å². The summed E-state index contributed by atoms with van der Waals surface area (Å²) in [6.07, 6.45) is 0. The second-order valence-electron chi connectivity index (χ2n) is 14.2. The van der Waals surface area contributed by atoms with E-state index in [0.717, 1.165) is 55.6 Å². The Morgan fingerprint density at radius 3 is 1.30 bits per heavy atom. The molecule has 9 aromatic carbocycles. The summed E-state index contributed by atoms with van der Waals surface area (Å²) in [5.41, 5.74) is 13.9. The van der Waals surface area contributed by atoms with Crippen LogP contribution in [0.5, 0.6) is 0 Å². The van der Waals surface area contributed by atoms with E-state index < -0.39 is 0 Å². The van der Waals surface area contributed by atoms with Gasteiger partial charge in [0.2, 0.25) is 0 Å². The van der Waals surface area contributed by atoms with Gasteiger partial charge in [-0.1, -0.05) is 188 Å². The second-order valence-corrected chi connectivity index (χ2v) is 14.2. The molecule has 1 aromatic heterocycles. The maximum atomic E-state index is 9.59. The molecule has 0 bridgehead atoms. The largest absolute Gasteiger partial charge is 0.292 e. The first-order chi connectivity index (χ1) is 28.2. The molecule has 0 spiro atoms. The van der Waals surface area contributed by atoms with Gasteiger partial charge in [-0.25, -0.2) is 4.98 Å². The van der Waals surface area contributed by atoms with Crippen LogP contribution in [0, 0.1) is 11.3 Å². The van der Waals surface area contributed by atoms with Gasteiger partial charge < -0.3 is 0 Å². The summed E-state index contributed by atoms with van der Waals surface area (Å²) < 4.78 is 2.25. The van der Waals surface area contributed by atoms with Crippen molar-refractivity contribution in [2.75, 3.05) is 0 Å². The Bertz CT molecular complexity index is 3080. The molecule has 0 aliphatic heterocycles. The van der Waals surface area contributed by atoms with E-state index in [4.69, 9.17) is 4.98 Å². The number of imidazole rings is 1. The van der Waals surface area contributed by atoms with Crippen LogP contribution in [0.3, 0.4) is 0 Å². The SMILES string of the molecule is N#Cc1ccc(-n2c(-c3ccc(-c4ccc(C(=C(c5ccccc5)c5ccccc5)c5ccccc5)cc4)cc3)nc3c4ccccc4c4ccccc4c32)cc1. The van der Waals surface area contributed by atoms with Crippen LogP contribution in [0.2, 0.25) is 0 Å². The quantitative estimate of drug-likeness (QED) is 0.121. The van der Waals surface area contributed by atoms with E-state index in [1.807, 2.05) is 24.3 Å². The van der Waals surface area contributed by atoms with Crippen molar-refractivity contribution in [1.29, 1.82) is 5.26 Å². The molecule has 0 saturated heterocycles. The van der Waals surface area contributed by atoms with E-state index >= 15 is 0 Å². The zero-order valence-electron chi connectivity index (χ0n) is 31.0. The zero-order valence-corrected chi connectivity index (χ0v) is 31.0. The summed E-state index contributed by atoms with van der Waals surface area (Å²) >= 11 is 0. The number of hydrogen-bond donors (Lipinski definition) is 0. The molecule has 3 heteroatoms. The van der Waals surface area contributed by atoms with Crippen LogP contribution < -0.4 is 0 Å². The van der Waals surface area contributed by atoms with Gasteiger partial charge in [-0.05, 0) is 79.6 Å². The average Bonchev–Trinajstić information content (AvgIpc) is 3.71. The molecule has 0 atom stereocenters. The topological polar surface area (TPSA) is 41.6 Å². The van der Waals surface area contributed by atoms with Crippen LogP contribution in [-0.4, -0.2) is 9.55 Å². The molecule has 10 rings (SSSR count). The van der Waals surface area contributed by atoms with Gasteiger partial charge >= 0.3 is 0 Å². The number of hydrogen-bond acceptors (Lipinski definition) is 2. The van der Waals surface area contributed by atoms with Gasteiger partial charge in [-0.2, -0.15) is 5.26 Å². The van der Waals surface area contributed by atoms with Crippen LogP contribution in [0.15, 0.2) is 212 Å². The highest BCUT2D eigenvalue weighted by Crippen LogP contribution is 2.40. The van der Waals surface area contributed by atoms with Gasteiger partial charge in [-0.15, -0.1) is 0 Å². The van der Waals surface area contributed by atoms with Gasteiger partial charge in [0.15, 0.2) is 0 Å². The Balaban J connectivity index is 1.10. The molecule has 0 aliphatic carbocycles. The minimum absolute atomic E-state index is 0.623. The summed E-state index contributed by atoms with van der Waals surface area (Å²) in [7, 11) is 0. The van der Waals surface area contributed by atoms with Gasteiger partial charge in [0, 0.05) is 22.0 Å². The molecule has 266 valence electrons. The van der Waals surface area contributed by atoms with E-state index in [1.165, 1.54) is 38.6 Å². The zero-order chi connectivity index (χ0) is 38.1. The maximum absolute atomic E-state index is 9.59. The van der Waals surface area contributed by atoms with Crippen LogP contribution in [-0.2, 0) is 0 Å². The lowest BCUT2D eigenvalue weighted by Gasteiger charge is -2.18. The molecule has 0 N–H and O–H groups in total. The summed E-state index contributed by atoms with van der Waals surface area (Å²) in [6.45, 7) is 0. The second kappa shape index (κ2) is 14.5. The molecule has 0 aliphatic rings. The predicted octanol–water partition coefficient (Wildman–Crippen LogP) is 13.5. The molecule has 3 nitrogen and oxygen atoms in total. The Kier molecular flexibility index (Phi) is 8.56. The van der Waals surface area contributed by atoms with E-state index in [2.05, 4.69) is 199 Å². The maximum Gasteiger partial charge on any atom is 0.145 e. The Hall–Kier alpha value is -7.80. The van der Waals surface area contributed by atoms with Crippen molar-refractivity contribution in [3.63, 3.8) is 0 Å². The first kappa shape index (κ1) is 33.7. The first-order valence-electron chi connectivity index (χ1n) is 19.2. The molecule has 57 heavy (non-hydrogen) atoms. The summed E-state index contributed by atoms with van der Waals surface area (Å²) in [6, 6.07) is 76.9. The monoisotopic (exact) mass is 725 g/mol. The highest BCUT2D eigenvalue weighted by atomic mass is 15.1. The summed E-state index contributed by atoms with van der Waals surface area (Å²) in [5, 5.41) is 14.2. The average molecular weight is 726 g/mol. The third-order valence-electron chi connectivity index (χ3n) is 10.9. The standard InChI is InChI=1S/C54H35N3/c55-36-37-24-34-45(35-25-37)57-53-49-23-13-11-21-47(49)46-20-10-12-22-48(46)52(53)56-54(57)44-32-28-39(29-33-44)38-26-30-43(31-27-38)51(42-18-8-3-9-19-42)50(40-14-4-1-5-15-40)41-16-6-2-7-17-41/h1-35H. The molecule has 0 radical (unpaired) electrons. The Morgan fingerprint density at radius 2 is 0.789 bits per heavy atom. The minimum Gasteiger partial charge on any atom is -0.292 e. The third kappa shape index (κ3) is 6.07. The molecule has 0 amide bonds. The predicted molar refractivity (Wildman–Crippen MR) is 236 cm³/mol. The lowest BCUT2D eigenvalue weighted by Crippen LogP contribution is -1.98. The molecule has 0 saturated carbocycles. The van der Waals surface area contributed by atoms with Crippen LogP contribution in [0.1, 0.15) is 27.8 Å². The number of nitriles is 1. The van der Waals surface area contributed by atoms with Crippen LogP contribution in [0.4, 0.5) is 0 Å². The molecule has 0 unspecified atom stereocenters. The number of benzene rings is 9. The molecular formula is C54H35N3. The van der Waals surface area contributed by atoms with Crippen molar-refractivity contribution in [3.05, 3.63) is 240 Å². The number of aromatic nitrogens is 2. The van der Waals surface area contributed by atoms with Gasteiger partial charge in [0.25, 0.3) is 0 Å². The van der Waals surface area contributed by atoms with Crippen molar-refractivity contribution >= 4 is 43.7 Å². The van der Waals surface area contributed by atoms with Crippen molar-refractivity contribution in [1.82, 2.24) is 9.55 Å². The number of nitrogens with zero attached hydrogens (tertiary/aromatic N) is 3. The Labute approximate surface area is 331 Å². The first-order valence-corrected chi connectivity index (χ1v) is 19.2. The smallest absolute Gasteiger partial charge is 0.145 e. The van der Waals surface area contributed by atoms with E-state index in [9.17, 15) is 5.26 Å². The fourth-order valence-corrected chi connectivity index (χ4v) is 8.20. The third-order valence-corrected chi connectivity index (χ3v) is 10.9. The molecule has 10 aromatic rings. The van der Waals surface area contributed by atoms with Gasteiger partial charge in [0.1, 0.15) is 5.82 Å². The van der Waals surface area contributed by atoms with Crippen LogP contribution >= 0.6 is 0 Å². The van der Waals surface area contributed by atoms with E-state index in [-0.39, 0.29) is 0 Å². The van der Waals surface area contributed by atoms with Crippen LogP contribution in [0.25, 0.3) is 71.9 Å². The molecule has 1 heterocycles. The summed E-state index contributed by atoms with van der Waals surface area (Å²) in [4.78, 5) is 5.40. The van der Waals surface area contributed by atoms with E-state index in [0.29, 0.717) is 5.56 Å². The number of rotatable bonds is 7. The fraction of sp³-hybridized carbons (Fsp3) is 0. The van der Waals surface area contributed by atoms with Gasteiger partial charge in [-0.3, -0.25) is 4.57 Å². The molecular weight excluding hydrogens is 691 g/mol. The minimum atomic E-state index is 0.623. The lowest BCUT2D eigenvalue weighted by atomic mass is 9.85. The highest BCUT2D eigenvalue weighted by molar-refractivity contribution is 6.24. The Morgan fingerprint density at radius 1 is 0.386 bits per heavy atom. The lowest BCUT2D eigenvalue weighted by molar-refractivity contribution is 1.10. The van der Waals surface area contributed by atoms with Crippen molar-refractivity contribution in [3.8, 4) is 34.3 Å². The molecule has 0 fully saturated rings. The van der Waals surface area contributed by atoms with Gasteiger partial charge in [0.05, 0.1) is 22.7 Å².